The number of allylic oxidation sites excluding steroid dienone is 1. The molecule has 35 heavy (non-hydrogen) atoms. The molecule has 0 saturated heterocycles. The summed E-state index contributed by atoms with van der Waals surface area (Å²) in [6.07, 6.45) is 1.69. The fourth-order valence-corrected chi connectivity index (χ4v) is 5.06. The predicted octanol–water partition coefficient (Wildman–Crippen LogP) is 2.58. The maximum Gasteiger partial charge on any atom is 0.338 e. The zero-order valence-corrected chi connectivity index (χ0v) is 21.0. The third-order valence-electron chi connectivity index (χ3n) is 5.74. The molecule has 2 heterocycles. The summed E-state index contributed by atoms with van der Waals surface area (Å²) in [5.41, 5.74) is 2.99. The number of hydrogen-bond acceptors (Lipinski definition) is 8. The predicted molar refractivity (Wildman–Crippen MR) is 136 cm³/mol. The molecule has 9 heteroatoms. The Bertz CT molecular complexity index is 1480. The van der Waals surface area contributed by atoms with E-state index in [9.17, 15) is 14.7 Å². The van der Waals surface area contributed by atoms with E-state index in [4.69, 9.17) is 9.47 Å². The van der Waals surface area contributed by atoms with Gasteiger partial charge in [-0.2, -0.15) is 0 Å². The van der Waals surface area contributed by atoms with E-state index in [-0.39, 0.29) is 17.9 Å². The van der Waals surface area contributed by atoms with E-state index in [2.05, 4.69) is 4.99 Å². The Labute approximate surface area is 206 Å². The molecular weight excluding hydrogens is 466 g/mol. The van der Waals surface area contributed by atoms with Crippen molar-refractivity contribution in [3.05, 3.63) is 84.5 Å². The number of phenolic OH excluding ortho intramolecular Hbond substituents is 1. The van der Waals surface area contributed by atoms with Crippen LogP contribution in [-0.4, -0.2) is 43.5 Å². The number of carbonyl (C=O) groups excluding carboxylic acids is 1. The van der Waals surface area contributed by atoms with Gasteiger partial charge in [0.25, 0.3) is 5.56 Å². The number of aromatic hydroxyl groups is 1. The lowest BCUT2D eigenvalue weighted by Crippen LogP contribution is -2.39. The first-order valence-corrected chi connectivity index (χ1v) is 11.9. The van der Waals surface area contributed by atoms with Crippen LogP contribution in [0.25, 0.3) is 6.08 Å². The number of aromatic nitrogens is 1. The highest BCUT2D eigenvalue weighted by atomic mass is 32.1. The van der Waals surface area contributed by atoms with Gasteiger partial charge in [-0.05, 0) is 55.3 Å². The van der Waals surface area contributed by atoms with Crippen molar-refractivity contribution in [2.45, 2.75) is 19.9 Å². The Kier molecular flexibility index (Phi) is 6.79. The van der Waals surface area contributed by atoms with Crippen molar-refractivity contribution in [3.63, 3.8) is 0 Å². The van der Waals surface area contributed by atoms with Crippen LogP contribution in [0.2, 0.25) is 0 Å². The second kappa shape index (κ2) is 9.79. The standard InChI is InChI=1S/C26H27N3O5S/c1-6-34-25(32)22-15(2)27-26-29(23(22)17-8-10-18(11-9-17)28(3)4)24(31)21(35-26)14-16-7-12-20(33-5)19(30)13-16/h7-14,23,30H,6H2,1-5H3/b21-14-/t23-/m0/s1. The van der Waals surface area contributed by atoms with Gasteiger partial charge in [0.05, 0.1) is 35.6 Å². The summed E-state index contributed by atoms with van der Waals surface area (Å²) >= 11 is 1.23. The molecule has 0 radical (unpaired) electrons. The van der Waals surface area contributed by atoms with Crippen LogP contribution in [0, 0.1) is 0 Å². The van der Waals surface area contributed by atoms with Crippen molar-refractivity contribution < 1.29 is 19.4 Å². The van der Waals surface area contributed by atoms with Crippen LogP contribution in [0.15, 0.2) is 63.5 Å². The van der Waals surface area contributed by atoms with Gasteiger partial charge < -0.3 is 19.5 Å². The van der Waals surface area contributed by atoms with Crippen LogP contribution >= 0.6 is 11.3 Å². The molecule has 0 aliphatic carbocycles. The molecule has 4 rings (SSSR count). The molecule has 0 fully saturated rings. The monoisotopic (exact) mass is 493 g/mol. The minimum atomic E-state index is -0.673. The van der Waals surface area contributed by atoms with Crippen LogP contribution in [0.3, 0.4) is 0 Å². The van der Waals surface area contributed by atoms with Crippen LogP contribution in [-0.2, 0) is 9.53 Å². The molecule has 2 aromatic carbocycles. The minimum Gasteiger partial charge on any atom is -0.504 e. The van der Waals surface area contributed by atoms with Gasteiger partial charge >= 0.3 is 5.97 Å². The highest BCUT2D eigenvalue weighted by Crippen LogP contribution is 2.32. The van der Waals surface area contributed by atoms with E-state index in [1.807, 2.05) is 43.3 Å². The van der Waals surface area contributed by atoms with Crippen molar-refractivity contribution >= 4 is 29.1 Å². The number of benzene rings is 2. The van der Waals surface area contributed by atoms with Gasteiger partial charge in [0.15, 0.2) is 16.3 Å². The van der Waals surface area contributed by atoms with Crippen LogP contribution in [0.4, 0.5) is 5.69 Å². The lowest BCUT2D eigenvalue weighted by atomic mass is 9.95. The highest BCUT2D eigenvalue weighted by molar-refractivity contribution is 7.07. The van der Waals surface area contributed by atoms with E-state index in [1.165, 1.54) is 24.5 Å². The summed E-state index contributed by atoms with van der Waals surface area (Å²) in [6, 6.07) is 12.0. The fraction of sp³-hybridized carbons (Fsp3) is 0.269. The van der Waals surface area contributed by atoms with Crippen molar-refractivity contribution in [1.29, 1.82) is 0 Å². The normalized spacial score (nSPS) is 15.5. The first-order chi connectivity index (χ1) is 16.7. The average molecular weight is 494 g/mol. The van der Waals surface area contributed by atoms with Crippen LogP contribution < -0.4 is 24.5 Å². The van der Waals surface area contributed by atoms with E-state index < -0.39 is 12.0 Å². The van der Waals surface area contributed by atoms with E-state index in [0.717, 1.165) is 11.3 Å². The van der Waals surface area contributed by atoms with Crippen molar-refractivity contribution in [2.75, 3.05) is 32.7 Å². The van der Waals surface area contributed by atoms with Gasteiger partial charge in [-0.1, -0.05) is 29.5 Å². The number of rotatable bonds is 6. The Balaban J connectivity index is 1.91. The number of carbonyl (C=O) groups is 1. The number of thiazole rings is 1. The Morgan fingerprint density at radius 2 is 1.94 bits per heavy atom. The molecule has 182 valence electrons. The molecule has 1 aromatic heterocycles. The maximum absolute atomic E-state index is 13.6. The number of ether oxygens (including phenoxy) is 2. The molecule has 3 aromatic rings. The lowest BCUT2D eigenvalue weighted by molar-refractivity contribution is -0.139. The number of anilines is 1. The van der Waals surface area contributed by atoms with Gasteiger partial charge in [-0.15, -0.1) is 0 Å². The summed E-state index contributed by atoms with van der Waals surface area (Å²) < 4.78 is 12.4. The van der Waals surface area contributed by atoms with E-state index >= 15 is 0 Å². The molecule has 1 aliphatic heterocycles. The molecule has 8 nitrogen and oxygen atoms in total. The second-order valence-electron chi connectivity index (χ2n) is 8.22. The zero-order chi connectivity index (χ0) is 25.3. The summed E-state index contributed by atoms with van der Waals surface area (Å²) in [4.78, 5) is 33.7. The molecule has 0 amide bonds. The van der Waals surface area contributed by atoms with Gasteiger partial charge in [0, 0.05) is 19.8 Å². The zero-order valence-electron chi connectivity index (χ0n) is 20.2. The molecule has 1 N–H and O–H groups in total. The summed E-state index contributed by atoms with van der Waals surface area (Å²) in [7, 11) is 5.37. The molecule has 0 saturated carbocycles. The number of esters is 1. The third-order valence-corrected chi connectivity index (χ3v) is 6.73. The molecule has 0 spiro atoms. The lowest BCUT2D eigenvalue weighted by Gasteiger charge is -2.25. The summed E-state index contributed by atoms with van der Waals surface area (Å²) in [5.74, 6) is -0.169. The number of nitrogens with zero attached hydrogens (tertiary/aromatic N) is 3. The quantitative estimate of drug-likeness (QED) is 0.531. The summed E-state index contributed by atoms with van der Waals surface area (Å²) in [6.45, 7) is 3.72. The van der Waals surface area contributed by atoms with Crippen LogP contribution in [0.1, 0.15) is 31.0 Å². The number of phenols is 1. The number of hydrogen-bond donors (Lipinski definition) is 1. The smallest absolute Gasteiger partial charge is 0.338 e. The third kappa shape index (κ3) is 4.59. The molecule has 0 unspecified atom stereocenters. The van der Waals surface area contributed by atoms with E-state index in [1.54, 1.807) is 36.6 Å². The van der Waals surface area contributed by atoms with Crippen molar-refractivity contribution in [2.24, 2.45) is 4.99 Å². The maximum atomic E-state index is 13.6. The largest absolute Gasteiger partial charge is 0.504 e. The first-order valence-electron chi connectivity index (χ1n) is 11.1. The van der Waals surface area contributed by atoms with Gasteiger partial charge in [0.1, 0.15) is 0 Å². The van der Waals surface area contributed by atoms with Gasteiger partial charge in [-0.25, -0.2) is 9.79 Å². The molecular formula is C26H27N3O5S. The summed E-state index contributed by atoms with van der Waals surface area (Å²) in [5, 5.41) is 10.1. The Morgan fingerprint density at radius 3 is 2.54 bits per heavy atom. The number of methoxy groups -OCH3 is 1. The molecule has 1 aliphatic rings. The number of fused-ring (bicyclic) bond motifs is 1. The van der Waals surface area contributed by atoms with E-state index in [0.29, 0.717) is 31.9 Å². The fourth-order valence-electron chi connectivity index (χ4n) is 4.01. The van der Waals surface area contributed by atoms with Crippen molar-refractivity contribution in [3.8, 4) is 11.5 Å². The van der Waals surface area contributed by atoms with Gasteiger partial charge in [-0.3, -0.25) is 9.36 Å². The average Bonchev–Trinajstić information content (AvgIpc) is 3.12. The molecule has 1 atom stereocenters. The van der Waals surface area contributed by atoms with Gasteiger partial charge in [0.2, 0.25) is 0 Å². The highest BCUT2D eigenvalue weighted by Gasteiger charge is 2.33. The first kappa shape index (κ1) is 24.3. The second-order valence-corrected chi connectivity index (χ2v) is 9.23. The minimum absolute atomic E-state index is 0.0201. The molecule has 0 bridgehead atoms. The topological polar surface area (TPSA) is 93.4 Å². The van der Waals surface area contributed by atoms with Crippen molar-refractivity contribution in [1.82, 2.24) is 4.57 Å². The SMILES string of the molecule is CCOC(=O)C1=C(C)N=c2s/c(=C\c3ccc(OC)c(O)c3)c(=O)n2[C@H]1c1ccc(N(C)C)cc1. The Hall–Kier alpha value is -3.85. The van der Waals surface area contributed by atoms with Crippen LogP contribution in [0.5, 0.6) is 11.5 Å². The Morgan fingerprint density at radius 1 is 1.23 bits per heavy atom.